The number of rotatable bonds is 18. The molecule has 1 aromatic rings. The molecule has 342 valence electrons. The van der Waals surface area contributed by atoms with E-state index in [0.29, 0.717) is 24.9 Å². The number of carbonyl (C=O) groups is 7. The molecule has 0 unspecified atom stereocenters. The van der Waals surface area contributed by atoms with Crippen molar-refractivity contribution in [1.82, 2.24) is 24.9 Å². The average Bonchev–Trinajstić information content (AvgIpc) is 3.14. The second kappa shape index (κ2) is 21.1. The molecule has 0 aliphatic carbocycles. The first kappa shape index (κ1) is 50.9. The van der Waals surface area contributed by atoms with Gasteiger partial charge in [-0.3, -0.25) is 38.6 Å². The molecule has 0 bridgehead atoms. The smallest absolute Gasteiger partial charge is 0.410 e. The number of aryl methyl sites for hydroxylation is 1. The van der Waals surface area contributed by atoms with Crippen LogP contribution in [-0.4, -0.2) is 145 Å². The first-order valence-corrected chi connectivity index (χ1v) is 25.6. The molecule has 0 saturated carbocycles. The summed E-state index contributed by atoms with van der Waals surface area (Å²) in [6.07, 6.45) is 0.903. The van der Waals surface area contributed by atoms with E-state index in [0.717, 1.165) is 17.2 Å². The van der Waals surface area contributed by atoms with Crippen LogP contribution in [0, 0.1) is 18.8 Å². The lowest BCUT2D eigenvalue weighted by Crippen LogP contribution is -2.66. The van der Waals surface area contributed by atoms with Gasteiger partial charge < -0.3 is 29.5 Å². The molecule has 0 spiro atoms. The van der Waals surface area contributed by atoms with Crippen molar-refractivity contribution in [2.24, 2.45) is 11.8 Å². The van der Waals surface area contributed by atoms with E-state index in [2.05, 4.69) is 25.0 Å². The van der Waals surface area contributed by atoms with Gasteiger partial charge in [0.1, 0.15) is 42.4 Å². The zero-order chi connectivity index (χ0) is 46.3. The number of esters is 1. The summed E-state index contributed by atoms with van der Waals surface area (Å²) in [5.74, 6) is -3.04. The normalized spacial score (nSPS) is 18.5. The van der Waals surface area contributed by atoms with E-state index >= 15 is 0 Å². The molecule has 1 N–H and O–H groups in total. The van der Waals surface area contributed by atoms with Crippen molar-refractivity contribution in [3.63, 3.8) is 0 Å². The van der Waals surface area contributed by atoms with Gasteiger partial charge in [0.05, 0.1) is 6.61 Å². The lowest BCUT2D eigenvalue weighted by atomic mass is 9.92. The minimum atomic E-state index is -1.46. The SMILES string of the molecule is CC[C@H](C)[C@H](NC(=O)[C@H](CC(C)C)N(C)C(=O)OCC[Si](C)(C)C)C(=O)N(C)[C@@H](C)C(=O)N1CC[C@H]1C(=O)N(CC)[C@H]1Cc2ccc(C)cc2N(CC(=O)OC(C)(C)C)C1=O. The second-order valence-electron chi connectivity index (χ2n) is 19.5. The fourth-order valence-electron chi connectivity index (χ4n) is 7.54. The van der Waals surface area contributed by atoms with E-state index < -0.39 is 85.5 Å². The molecular formula is C45H74N6O9Si. The Kier molecular flexibility index (Phi) is 17.6. The van der Waals surface area contributed by atoms with Crippen molar-refractivity contribution >= 4 is 55.4 Å². The highest BCUT2D eigenvalue weighted by Gasteiger charge is 2.47. The zero-order valence-electron chi connectivity index (χ0n) is 39.5. The molecule has 2 aliphatic heterocycles. The Bertz CT molecular complexity index is 1770. The van der Waals surface area contributed by atoms with Gasteiger partial charge in [-0.15, -0.1) is 0 Å². The summed E-state index contributed by atoms with van der Waals surface area (Å²) in [7, 11) is 1.58. The highest BCUT2D eigenvalue weighted by Crippen LogP contribution is 2.33. The lowest BCUT2D eigenvalue weighted by molar-refractivity contribution is -0.160. The Morgan fingerprint density at radius 1 is 0.984 bits per heavy atom. The molecule has 16 heteroatoms. The summed E-state index contributed by atoms with van der Waals surface area (Å²) >= 11 is 0. The van der Waals surface area contributed by atoms with Gasteiger partial charge in [-0.25, -0.2) is 4.79 Å². The number of nitrogens with zero attached hydrogens (tertiary/aromatic N) is 5. The third-order valence-electron chi connectivity index (χ3n) is 11.7. The summed E-state index contributed by atoms with van der Waals surface area (Å²) in [6.45, 7) is 25.2. The van der Waals surface area contributed by atoms with Crippen molar-refractivity contribution in [2.75, 3.05) is 45.2 Å². The number of ether oxygens (including phenoxy) is 2. The molecule has 61 heavy (non-hydrogen) atoms. The maximum Gasteiger partial charge on any atom is 0.410 e. The summed E-state index contributed by atoms with van der Waals surface area (Å²) < 4.78 is 11.1. The Morgan fingerprint density at radius 2 is 1.62 bits per heavy atom. The number of anilines is 1. The van der Waals surface area contributed by atoms with Crippen LogP contribution in [0.15, 0.2) is 18.2 Å². The summed E-state index contributed by atoms with van der Waals surface area (Å²) in [5, 5.41) is 2.92. The molecule has 1 aromatic carbocycles. The van der Waals surface area contributed by atoms with Crippen LogP contribution in [0.4, 0.5) is 10.5 Å². The number of likely N-dealkylation sites (N-methyl/N-ethyl adjacent to an activating group) is 3. The molecule has 1 fully saturated rings. The van der Waals surface area contributed by atoms with Crippen LogP contribution in [-0.2, 0) is 44.7 Å². The van der Waals surface area contributed by atoms with E-state index in [4.69, 9.17) is 9.47 Å². The largest absolute Gasteiger partial charge is 0.459 e. The number of fused-ring (bicyclic) bond motifs is 1. The van der Waals surface area contributed by atoms with Crippen molar-refractivity contribution in [2.45, 2.75) is 156 Å². The lowest BCUT2D eigenvalue weighted by Gasteiger charge is -2.46. The van der Waals surface area contributed by atoms with Crippen LogP contribution in [0.25, 0.3) is 0 Å². The summed E-state index contributed by atoms with van der Waals surface area (Å²) in [4.78, 5) is 104. The Labute approximate surface area is 365 Å². The van der Waals surface area contributed by atoms with E-state index in [1.54, 1.807) is 34.6 Å². The van der Waals surface area contributed by atoms with Crippen molar-refractivity contribution in [1.29, 1.82) is 0 Å². The fourth-order valence-corrected chi connectivity index (χ4v) is 8.25. The Hall–Kier alpha value is -4.47. The Morgan fingerprint density at radius 3 is 2.15 bits per heavy atom. The third kappa shape index (κ3) is 13.3. The molecule has 15 nitrogen and oxygen atoms in total. The number of carbonyl (C=O) groups excluding carboxylic acids is 7. The molecular weight excluding hydrogens is 797 g/mol. The molecule has 6 atom stereocenters. The van der Waals surface area contributed by atoms with Gasteiger partial charge in [-0.05, 0) is 89.5 Å². The Balaban J connectivity index is 1.79. The molecule has 0 radical (unpaired) electrons. The number of hydrogen-bond donors (Lipinski definition) is 1. The average molecular weight is 871 g/mol. The van der Waals surface area contributed by atoms with Crippen LogP contribution in [0.2, 0.25) is 25.7 Å². The highest BCUT2D eigenvalue weighted by molar-refractivity contribution is 6.76. The number of nitrogens with one attached hydrogen (secondary N) is 1. The van der Waals surface area contributed by atoms with Gasteiger partial charge >= 0.3 is 12.1 Å². The van der Waals surface area contributed by atoms with Crippen LogP contribution in [0.1, 0.15) is 92.7 Å². The first-order chi connectivity index (χ1) is 28.2. The van der Waals surface area contributed by atoms with E-state index in [1.165, 1.54) is 38.6 Å². The number of hydrogen-bond acceptors (Lipinski definition) is 9. The van der Waals surface area contributed by atoms with Gasteiger partial charge in [-0.1, -0.05) is 65.9 Å². The third-order valence-corrected chi connectivity index (χ3v) is 13.4. The molecule has 6 amide bonds. The number of benzene rings is 1. The second-order valence-corrected chi connectivity index (χ2v) is 25.1. The maximum absolute atomic E-state index is 14.3. The molecule has 2 aliphatic rings. The van der Waals surface area contributed by atoms with E-state index in [-0.39, 0.29) is 44.5 Å². The molecule has 3 rings (SSSR count). The van der Waals surface area contributed by atoms with Crippen molar-refractivity contribution in [3.8, 4) is 0 Å². The van der Waals surface area contributed by atoms with Gasteiger partial charge in [0, 0.05) is 47.4 Å². The number of amides is 6. The van der Waals surface area contributed by atoms with E-state index in [9.17, 15) is 33.6 Å². The van der Waals surface area contributed by atoms with Crippen LogP contribution in [0.5, 0.6) is 0 Å². The molecule has 0 aromatic heterocycles. The molecule has 1 saturated heterocycles. The fraction of sp³-hybridized carbons (Fsp3) is 0.711. The minimum Gasteiger partial charge on any atom is -0.459 e. The van der Waals surface area contributed by atoms with Gasteiger partial charge in [0.25, 0.3) is 5.91 Å². The maximum atomic E-state index is 14.3. The van der Waals surface area contributed by atoms with Crippen LogP contribution >= 0.6 is 0 Å². The minimum absolute atomic E-state index is 0.0503. The van der Waals surface area contributed by atoms with Crippen LogP contribution in [0.3, 0.4) is 0 Å². The van der Waals surface area contributed by atoms with Gasteiger partial charge in [0.15, 0.2) is 0 Å². The van der Waals surface area contributed by atoms with Crippen molar-refractivity contribution < 1.29 is 43.0 Å². The predicted octanol–water partition coefficient (Wildman–Crippen LogP) is 5.24. The summed E-state index contributed by atoms with van der Waals surface area (Å²) in [6, 6.07) is 1.81. The number of likely N-dealkylation sites (tertiary alicyclic amines) is 1. The van der Waals surface area contributed by atoms with E-state index in [1.807, 2.05) is 52.8 Å². The first-order valence-electron chi connectivity index (χ1n) is 21.9. The van der Waals surface area contributed by atoms with Crippen LogP contribution < -0.4 is 10.2 Å². The summed E-state index contributed by atoms with van der Waals surface area (Å²) in [5.41, 5.74) is 1.56. The highest BCUT2D eigenvalue weighted by atomic mass is 28.3. The van der Waals surface area contributed by atoms with Gasteiger partial charge in [-0.2, -0.15) is 0 Å². The predicted molar refractivity (Wildman–Crippen MR) is 238 cm³/mol. The van der Waals surface area contributed by atoms with Gasteiger partial charge in [0.2, 0.25) is 23.6 Å². The zero-order valence-corrected chi connectivity index (χ0v) is 40.5. The topological polar surface area (TPSA) is 166 Å². The standard InChI is InChI=1S/C45H74N6O9Si/c1-16-30(6)38(46-39(53)35(24-28(3)4)48(12)44(58)59-22-23-61(13,14)15)43(57)47(11)31(7)40(54)50-21-20-33(50)41(55)49(17-2)36-26-32-19-18-29(5)25-34(32)51(42(36)56)27-37(52)60-45(8,9)10/h18-19,25,28,30-31,33,35-36,38H,16-17,20-24,26-27H2,1-15H3,(H,46,53)/t30-,31-,33-,35-,36-,38-/m0/s1. The van der Waals surface area contributed by atoms with Crippen molar-refractivity contribution in [3.05, 3.63) is 29.3 Å². The monoisotopic (exact) mass is 871 g/mol. The molecule has 2 heterocycles. The quantitative estimate of drug-likeness (QED) is 0.153.